The molecule has 2 aromatic heterocycles. The Labute approximate surface area is 162 Å². The molecule has 0 unspecified atom stereocenters. The van der Waals surface area contributed by atoms with Crippen molar-refractivity contribution in [3.63, 3.8) is 0 Å². The quantitative estimate of drug-likeness (QED) is 0.698. The molecule has 2 heterocycles. The topological polar surface area (TPSA) is 94.4 Å². The Bertz CT molecular complexity index is 999. The molecule has 0 aliphatic heterocycles. The van der Waals surface area contributed by atoms with Crippen LogP contribution in [0.25, 0.3) is 11.3 Å². The van der Waals surface area contributed by atoms with E-state index < -0.39 is 0 Å². The number of rotatable bonds is 6. The Morgan fingerprint density at radius 2 is 1.96 bits per heavy atom. The second kappa shape index (κ2) is 7.95. The summed E-state index contributed by atoms with van der Waals surface area (Å²) in [6, 6.07) is 9.46. The van der Waals surface area contributed by atoms with Gasteiger partial charge in [0.05, 0.1) is 26.1 Å². The van der Waals surface area contributed by atoms with E-state index in [-0.39, 0.29) is 11.9 Å². The number of hydrogen-bond acceptors (Lipinski definition) is 7. The number of anilines is 2. The zero-order valence-electron chi connectivity index (χ0n) is 16.4. The predicted molar refractivity (Wildman–Crippen MR) is 106 cm³/mol. The van der Waals surface area contributed by atoms with Crippen LogP contribution in [0, 0.1) is 0 Å². The summed E-state index contributed by atoms with van der Waals surface area (Å²) in [5, 5.41) is 7.28. The molecular formula is C19H22N6O3. The van der Waals surface area contributed by atoms with E-state index in [0.717, 1.165) is 11.3 Å². The lowest BCUT2D eigenvalue weighted by molar-refractivity contribution is 0.101. The van der Waals surface area contributed by atoms with E-state index >= 15 is 0 Å². The monoisotopic (exact) mass is 382 g/mol. The summed E-state index contributed by atoms with van der Waals surface area (Å²) in [6.07, 6.45) is 1.51. The predicted octanol–water partition coefficient (Wildman–Crippen LogP) is 2.21. The highest BCUT2D eigenvalue weighted by Crippen LogP contribution is 2.26. The number of benzene rings is 1. The van der Waals surface area contributed by atoms with E-state index in [9.17, 15) is 4.79 Å². The number of aromatic nitrogens is 4. The van der Waals surface area contributed by atoms with Gasteiger partial charge in [0, 0.05) is 26.7 Å². The van der Waals surface area contributed by atoms with Crippen LogP contribution < -0.4 is 19.7 Å². The lowest BCUT2D eigenvalue weighted by Crippen LogP contribution is -2.20. The third-order valence-electron chi connectivity index (χ3n) is 4.08. The molecule has 9 nitrogen and oxygen atoms in total. The van der Waals surface area contributed by atoms with Gasteiger partial charge in [-0.05, 0) is 18.2 Å². The zero-order chi connectivity index (χ0) is 20.3. The molecule has 0 fully saturated rings. The number of nitrogens with zero attached hydrogens (tertiary/aromatic N) is 5. The van der Waals surface area contributed by atoms with Crippen LogP contribution in [0.2, 0.25) is 0 Å². The molecule has 0 atom stereocenters. The number of carbonyl (C=O) groups excluding carboxylic acids is 1. The van der Waals surface area contributed by atoms with Crippen LogP contribution in [0.5, 0.6) is 11.8 Å². The molecule has 0 radical (unpaired) electrons. The smallest absolute Gasteiger partial charge is 0.318 e. The van der Waals surface area contributed by atoms with Crippen molar-refractivity contribution in [2.75, 3.05) is 38.5 Å². The van der Waals surface area contributed by atoms with Crippen molar-refractivity contribution in [3.05, 3.63) is 42.2 Å². The Morgan fingerprint density at radius 3 is 2.64 bits per heavy atom. The Morgan fingerprint density at radius 1 is 1.18 bits per heavy atom. The Kier molecular flexibility index (Phi) is 5.44. The molecule has 3 rings (SSSR count). The van der Waals surface area contributed by atoms with E-state index in [1.807, 2.05) is 38.4 Å². The molecule has 146 valence electrons. The van der Waals surface area contributed by atoms with Crippen molar-refractivity contribution in [2.45, 2.75) is 0 Å². The zero-order valence-corrected chi connectivity index (χ0v) is 16.4. The Balaban J connectivity index is 1.89. The summed E-state index contributed by atoms with van der Waals surface area (Å²) < 4.78 is 11.8. The number of carbonyl (C=O) groups is 1. The van der Waals surface area contributed by atoms with Crippen molar-refractivity contribution in [1.29, 1.82) is 0 Å². The number of amides is 1. The molecule has 3 aromatic rings. The molecule has 1 amide bonds. The molecule has 0 aliphatic rings. The summed E-state index contributed by atoms with van der Waals surface area (Å²) in [5.41, 5.74) is 2.40. The number of ether oxygens (including phenoxy) is 2. The fourth-order valence-electron chi connectivity index (χ4n) is 2.67. The molecule has 0 bridgehead atoms. The van der Waals surface area contributed by atoms with Gasteiger partial charge >= 0.3 is 6.01 Å². The number of nitrogens with one attached hydrogen (secondary N) is 1. The first-order chi connectivity index (χ1) is 13.4. The van der Waals surface area contributed by atoms with Gasteiger partial charge in [-0.2, -0.15) is 10.1 Å². The van der Waals surface area contributed by atoms with Gasteiger partial charge in [-0.1, -0.05) is 12.1 Å². The summed E-state index contributed by atoms with van der Waals surface area (Å²) in [5.74, 6) is 0.941. The first-order valence-corrected chi connectivity index (χ1v) is 8.51. The fraction of sp³-hybridized carbons (Fsp3) is 0.263. The van der Waals surface area contributed by atoms with Crippen LogP contribution in [0.3, 0.4) is 0 Å². The molecule has 28 heavy (non-hydrogen) atoms. The van der Waals surface area contributed by atoms with E-state index in [1.165, 1.54) is 18.0 Å². The number of methoxy groups -OCH3 is 2. The maximum Gasteiger partial charge on any atom is 0.318 e. The highest BCUT2D eigenvalue weighted by atomic mass is 16.5. The molecule has 0 saturated heterocycles. The molecule has 0 spiro atoms. The first-order valence-electron chi connectivity index (χ1n) is 8.51. The lowest BCUT2D eigenvalue weighted by atomic mass is 10.1. The van der Waals surface area contributed by atoms with Gasteiger partial charge in [-0.15, -0.1) is 0 Å². The summed E-state index contributed by atoms with van der Waals surface area (Å²) in [6.45, 7) is 0. The standard InChI is InChI=1S/C19H22N6O3/c1-24(2)17-15(11-20-19(22-17)28-5)21-18(26)16-10-14(23-25(16)3)12-7-6-8-13(9-12)27-4/h6-11H,1-5H3,(H,21,26). The van der Waals surface area contributed by atoms with E-state index in [4.69, 9.17) is 9.47 Å². The second-order valence-electron chi connectivity index (χ2n) is 6.21. The normalized spacial score (nSPS) is 10.5. The number of aryl methyl sites for hydroxylation is 1. The average Bonchev–Trinajstić information content (AvgIpc) is 3.10. The van der Waals surface area contributed by atoms with Crippen LogP contribution >= 0.6 is 0 Å². The molecule has 9 heteroatoms. The summed E-state index contributed by atoms with van der Waals surface area (Å²) in [4.78, 5) is 22.9. The van der Waals surface area contributed by atoms with Crippen LogP contribution in [-0.4, -0.2) is 54.0 Å². The fourth-order valence-corrected chi connectivity index (χ4v) is 2.67. The molecular weight excluding hydrogens is 360 g/mol. The average molecular weight is 382 g/mol. The maximum atomic E-state index is 12.8. The van der Waals surface area contributed by atoms with Crippen LogP contribution in [-0.2, 0) is 7.05 Å². The van der Waals surface area contributed by atoms with Gasteiger partial charge in [0.1, 0.15) is 17.1 Å². The van der Waals surface area contributed by atoms with Gasteiger partial charge in [0.2, 0.25) is 0 Å². The minimum absolute atomic E-state index is 0.225. The van der Waals surface area contributed by atoms with E-state index in [2.05, 4.69) is 20.4 Å². The summed E-state index contributed by atoms with van der Waals surface area (Å²) in [7, 11) is 8.46. The minimum Gasteiger partial charge on any atom is -0.497 e. The van der Waals surface area contributed by atoms with Crippen LogP contribution in [0.4, 0.5) is 11.5 Å². The largest absolute Gasteiger partial charge is 0.497 e. The van der Waals surface area contributed by atoms with E-state index in [1.54, 1.807) is 25.1 Å². The van der Waals surface area contributed by atoms with Crippen LogP contribution in [0.1, 0.15) is 10.5 Å². The SMILES string of the molecule is COc1cccc(-c2cc(C(=O)Nc3cnc(OC)nc3N(C)C)n(C)n2)c1. The minimum atomic E-state index is -0.319. The maximum absolute atomic E-state index is 12.8. The third kappa shape index (κ3) is 3.88. The molecule has 1 aromatic carbocycles. The third-order valence-corrected chi connectivity index (χ3v) is 4.08. The number of hydrogen-bond donors (Lipinski definition) is 1. The first kappa shape index (κ1) is 19.2. The highest BCUT2D eigenvalue weighted by Gasteiger charge is 2.18. The van der Waals surface area contributed by atoms with Crippen molar-refractivity contribution in [2.24, 2.45) is 7.05 Å². The Hall–Kier alpha value is -3.62. The highest BCUT2D eigenvalue weighted by molar-refractivity contribution is 6.05. The van der Waals surface area contributed by atoms with Crippen LogP contribution in [0.15, 0.2) is 36.5 Å². The van der Waals surface area contributed by atoms with E-state index in [0.29, 0.717) is 22.9 Å². The molecule has 1 N–H and O–H groups in total. The van der Waals surface area contributed by atoms with Gasteiger partial charge in [-0.3, -0.25) is 9.48 Å². The van der Waals surface area contributed by atoms with Gasteiger partial charge in [-0.25, -0.2) is 4.98 Å². The molecule has 0 aliphatic carbocycles. The second-order valence-corrected chi connectivity index (χ2v) is 6.21. The van der Waals surface area contributed by atoms with Gasteiger partial charge < -0.3 is 19.7 Å². The van der Waals surface area contributed by atoms with Crippen molar-refractivity contribution in [3.8, 4) is 23.0 Å². The van der Waals surface area contributed by atoms with Crippen molar-refractivity contribution >= 4 is 17.4 Å². The van der Waals surface area contributed by atoms with Gasteiger partial charge in [0.15, 0.2) is 5.82 Å². The lowest BCUT2D eigenvalue weighted by Gasteiger charge is -2.16. The van der Waals surface area contributed by atoms with Crippen molar-refractivity contribution < 1.29 is 14.3 Å². The van der Waals surface area contributed by atoms with Crippen molar-refractivity contribution in [1.82, 2.24) is 19.7 Å². The molecule has 0 saturated carbocycles. The summed E-state index contributed by atoms with van der Waals surface area (Å²) >= 11 is 0. The van der Waals surface area contributed by atoms with Gasteiger partial charge in [0.25, 0.3) is 5.91 Å².